The lowest BCUT2D eigenvalue weighted by molar-refractivity contribution is -0.257. The summed E-state index contributed by atoms with van der Waals surface area (Å²) >= 11 is 0. The third-order valence-corrected chi connectivity index (χ3v) is 5.71. The van der Waals surface area contributed by atoms with Gasteiger partial charge in [-0.05, 0) is 12.1 Å². The first-order chi connectivity index (χ1) is 14.1. The van der Waals surface area contributed by atoms with Gasteiger partial charge < -0.3 is 40.7 Å². The Morgan fingerprint density at radius 3 is 2.50 bits per heavy atom. The summed E-state index contributed by atoms with van der Waals surface area (Å²) in [5.41, 5.74) is -1.64. The SMILES string of the molecule is CN(C)C(=O)C1NC(=N)N2CC(OC(=O)c3ccccc3)C(O)(O)C23NC(=N)NC13. The molecule has 12 nitrogen and oxygen atoms in total. The molecule has 0 radical (unpaired) electrons. The molecule has 30 heavy (non-hydrogen) atoms. The summed E-state index contributed by atoms with van der Waals surface area (Å²) in [4.78, 5) is 27.8. The van der Waals surface area contributed by atoms with Crippen molar-refractivity contribution < 1.29 is 24.5 Å². The van der Waals surface area contributed by atoms with Crippen molar-refractivity contribution in [2.24, 2.45) is 0 Å². The number of benzene rings is 1. The number of nitrogens with zero attached hydrogens (tertiary/aromatic N) is 2. The van der Waals surface area contributed by atoms with Crippen LogP contribution in [0.1, 0.15) is 10.4 Å². The topological polar surface area (TPSA) is 174 Å². The van der Waals surface area contributed by atoms with Crippen molar-refractivity contribution in [1.82, 2.24) is 25.8 Å². The van der Waals surface area contributed by atoms with Gasteiger partial charge in [0.15, 0.2) is 23.7 Å². The highest BCUT2D eigenvalue weighted by molar-refractivity contribution is 5.95. The summed E-state index contributed by atoms with van der Waals surface area (Å²) in [5, 5.41) is 46.9. The second-order valence-corrected chi connectivity index (χ2v) is 7.69. The Morgan fingerprint density at radius 2 is 1.87 bits per heavy atom. The lowest BCUT2D eigenvalue weighted by atomic mass is 9.84. The first-order valence-corrected chi connectivity index (χ1v) is 9.27. The van der Waals surface area contributed by atoms with E-state index in [1.54, 1.807) is 18.2 Å². The van der Waals surface area contributed by atoms with Crippen LogP contribution in [-0.2, 0) is 9.53 Å². The molecule has 4 rings (SSSR count). The zero-order chi connectivity index (χ0) is 21.8. The highest BCUT2D eigenvalue weighted by atomic mass is 16.6. The quantitative estimate of drug-likeness (QED) is 0.205. The molecular weight excluding hydrogens is 394 g/mol. The number of aliphatic hydroxyl groups is 2. The predicted octanol–water partition coefficient (Wildman–Crippen LogP) is -2.60. The number of amides is 1. The van der Waals surface area contributed by atoms with Gasteiger partial charge in [-0.25, -0.2) is 4.79 Å². The largest absolute Gasteiger partial charge is 0.451 e. The van der Waals surface area contributed by atoms with E-state index in [4.69, 9.17) is 15.6 Å². The fourth-order valence-corrected chi connectivity index (χ4v) is 4.28. The minimum atomic E-state index is -2.73. The molecule has 4 atom stereocenters. The summed E-state index contributed by atoms with van der Waals surface area (Å²) < 4.78 is 5.40. The minimum absolute atomic E-state index is 0.228. The molecule has 0 aliphatic carbocycles. The Kier molecular flexibility index (Phi) is 4.36. The summed E-state index contributed by atoms with van der Waals surface area (Å²) in [6.45, 7) is -0.237. The van der Waals surface area contributed by atoms with Crippen LogP contribution in [0.3, 0.4) is 0 Å². The van der Waals surface area contributed by atoms with Gasteiger partial charge in [0.1, 0.15) is 12.1 Å². The van der Waals surface area contributed by atoms with E-state index in [9.17, 15) is 19.8 Å². The van der Waals surface area contributed by atoms with Gasteiger partial charge in [0.05, 0.1) is 12.1 Å². The van der Waals surface area contributed by atoms with Gasteiger partial charge in [0, 0.05) is 14.1 Å². The Balaban J connectivity index is 1.71. The molecule has 12 heteroatoms. The molecule has 3 aliphatic heterocycles. The van der Waals surface area contributed by atoms with Crippen LogP contribution in [0.25, 0.3) is 0 Å². The summed E-state index contributed by atoms with van der Waals surface area (Å²) in [7, 11) is 3.06. The van der Waals surface area contributed by atoms with Crippen molar-refractivity contribution in [1.29, 1.82) is 10.8 Å². The first kappa shape index (κ1) is 19.9. The van der Waals surface area contributed by atoms with Gasteiger partial charge in [-0.15, -0.1) is 0 Å². The Bertz CT molecular complexity index is 921. The highest BCUT2D eigenvalue weighted by Crippen LogP contribution is 2.44. The zero-order valence-corrected chi connectivity index (χ0v) is 16.3. The standard InChI is InChI=1S/C18H23N7O5/c1-24(2)13(26)11-12-17(23-15(19)22-12)18(28,29)10(8-25(17)16(20)21-11)30-14(27)9-6-4-3-5-7-9/h3-7,10-12,28-29H,8H2,1-2H3,(H2,20,21)(H3,19,22,23). The molecule has 4 unspecified atom stereocenters. The second-order valence-electron chi connectivity index (χ2n) is 7.69. The van der Waals surface area contributed by atoms with E-state index in [0.717, 1.165) is 0 Å². The smallest absolute Gasteiger partial charge is 0.338 e. The fraction of sp³-hybridized carbons (Fsp3) is 0.444. The number of guanidine groups is 2. The summed E-state index contributed by atoms with van der Waals surface area (Å²) in [6.07, 6.45) is -1.46. The van der Waals surface area contributed by atoms with Crippen LogP contribution in [0.4, 0.5) is 0 Å². The number of carbonyl (C=O) groups excluding carboxylic acids is 2. The van der Waals surface area contributed by atoms with Crippen LogP contribution in [-0.4, -0.2) is 94.1 Å². The highest BCUT2D eigenvalue weighted by Gasteiger charge is 2.76. The van der Waals surface area contributed by atoms with Gasteiger partial charge in [-0.1, -0.05) is 18.2 Å². The van der Waals surface area contributed by atoms with E-state index >= 15 is 0 Å². The molecule has 0 bridgehead atoms. The zero-order valence-electron chi connectivity index (χ0n) is 16.3. The van der Waals surface area contributed by atoms with Crippen LogP contribution < -0.4 is 16.0 Å². The second kappa shape index (κ2) is 6.57. The van der Waals surface area contributed by atoms with Crippen LogP contribution in [0.15, 0.2) is 30.3 Å². The van der Waals surface area contributed by atoms with Crippen molar-refractivity contribution in [3.8, 4) is 0 Å². The van der Waals surface area contributed by atoms with Crippen LogP contribution in [0.2, 0.25) is 0 Å². The number of hydrogen-bond donors (Lipinski definition) is 7. The van der Waals surface area contributed by atoms with Crippen LogP contribution >= 0.6 is 0 Å². The average Bonchev–Trinajstić information content (AvgIpc) is 3.16. The number of hydrogen-bond acceptors (Lipinski definition) is 7. The Labute approximate surface area is 171 Å². The van der Waals surface area contributed by atoms with Gasteiger partial charge in [0.25, 0.3) is 0 Å². The first-order valence-electron chi connectivity index (χ1n) is 9.27. The molecule has 1 aromatic carbocycles. The van der Waals surface area contributed by atoms with Gasteiger partial charge >= 0.3 is 5.97 Å². The molecule has 3 heterocycles. The van der Waals surface area contributed by atoms with E-state index in [1.165, 1.54) is 36.0 Å². The van der Waals surface area contributed by atoms with Gasteiger partial charge in [0.2, 0.25) is 11.7 Å². The molecule has 0 saturated carbocycles. The van der Waals surface area contributed by atoms with Crippen LogP contribution in [0.5, 0.6) is 0 Å². The molecule has 0 aromatic heterocycles. The molecule has 1 amide bonds. The van der Waals surface area contributed by atoms with Crippen molar-refractivity contribution in [2.45, 2.75) is 29.6 Å². The van der Waals surface area contributed by atoms with E-state index < -0.39 is 41.5 Å². The van der Waals surface area contributed by atoms with E-state index in [1.807, 2.05) is 0 Å². The van der Waals surface area contributed by atoms with Crippen molar-refractivity contribution >= 4 is 23.8 Å². The number of rotatable bonds is 3. The molecule has 3 aliphatic rings. The maximum atomic E-state index is 12.7. The van der Waals surface area contributed by atoms with E-state index in [-0.39, 0.29) is 24.0 Å². The number of likely N-dealkylation sites (N-methyl/N-ethyl adjacent to an activating group) is 1. The minimum Gasteiger partial charge on any atom is -0.451 e. The van der Waals surface area contributed by atoms with Crippen molar-refractivity contribution in [3.63, 3.8) is 0 Å². The van der Waals surface area contributed by atoms with Crippen molar-refractivity contribution in [2.75, 3.05) is 20.6 Å². The average molecular weight is 417 g/mol. The van der Waals surface area contributed by atoms with Gasteiger partial charge in [-0.3, -0.25) is 15.6 Å². The van der Waals surface area contributed by atoms with Crippen LogP contribution in [0, 0.1) is 10.8 Å². The molecule has 7 N–H and O–H groups in total. The maximum Gasteiger partial charge on any atom is 0.338 e. The lowest BCUT2D eigenvalue weighted by Crippen LogP contribution is -2.81. The summed E-state index contributed by atoms with van der Waals surface area (Å²) in [5.74, 6) is -4.42. The third kappa shape index (κ3) is 2.60. The molecule has 1 spiro atoms. The van der Waals surface area contributed by atoms with E-state index in [0.29, 0.717) is 0 Å². The molecule has 3 saturated heterocycles. The number of carbonyl (C=O) groups is 2. The number of nitrogens with one attached hydrogen (secondary N) is 5. The lowest BCUT2D eigenvalue weighted by Gasteiger charge is -2.50. The maximum absolute atomic E-state index is 12.7. The monoisotopic (exact) mass is 417 g/mol. The summed E-state index contributed by atoms with van der Waals surface area (Å²) in [6, 6.07) is 5.98. The third-order valence-electron chi connectivity index (χ3n) is 5.71. The molecule has 3 fully saturated rings. The van der Waals surface area contributed by atoms with Gasteiger partial charge in [-0.2, -0.15) is 0 Å². The fourth-order valence-electron chi connectivity index (χ4n) is 4.28. The Morgan fingerprint density at radius 1 is 1.20 bits per heavy atom. The molecule has 160 valence electrons. The normalized spacial score (nSPS) is 31.1. The van der Waals surface area contributed by atoms with Crippen molar-refractivity contribution in [3.05, 3.63) is 35.9 Å². The molecule has 1 aromatic rings. The Hall–Kier alpha value is -3.38. The molecular formula is C18H23N7O5. The predicted molar refractivity (Wildman–Crippen MR) is 103 cm³/mol. The van der Waals surface area contributed by atoms with E-state index in [2.05, 4.69) is 16.0 Å². The number of esters is 1. The number of ether oxygens (including phenoxy) is 1.